The van der Waals surface area contributed by atoms with Crippen molar-refractivity contribution in [2.24, 2.45) is 11.8 Å². The summed E-state index contributed by atoms with van der Waals surface area (Å²) in [6.07, 6.45) is 12.1. The monoisotopic (exact) mass is 565 g/mol. The van der Waals surface area contributed by atoms with Gasteiger partial charge in [0.25, 0.3) is 0 Å². The molecule has 0 aliphatic rings. The highest BCUT2D eigenvalue weighted by Crippen LogP contribution is 2.17. The van der Waals surface area contributed by atoms with Crippen molar-refractivity contribution in [2.45, 2.75) is 123 Å². The smallest absolute Gasteiger partial charge is 0.408 e. The fourth-order valence-corrected chi connectivity index (χ4v) is 4.49. The molecular weight excluding hydrogens is 510 g/mol. The van der Waals surface area contributed by atoms with Gasteiger partial charge >= 0.3 is 12.1 Å². The Morgan fingerprint density at radius 3 is 2.08 bits per heavy atom. The van der Waals surface area contributed by atoms with Crippen molar-refractivity contribution in [2.75, 3.05) is 13.7 Å². The van der Waals surface area contributed by atoms with Crippen LogP contribution in [0.2, 0.25) is 0 Å². The Kier molecular flexibility index (Phi) is 21.3. The first-order chi connectivity index (χ1) is 19.1. The third kappa shape index (κ3) is 17.0. The summed E-state index contributed by atoms with van der Waals surface area (Å²) in [5.41, 5.74) is 0. The van der Waals surface area contributed by atoms with Crippen molar-refractivity contribution in [3.05, 3.63) is 25.3 Å². The molecule has 0 spiro atoms. The molecule has 9 nitrogen and oxygen atoms in total. The number of ether oxygens (including phenoxy) is 2. The molecule has 0 fully saturated rings. The summed E-state index contributed by atoms with van der Waals surface area (Å²) in [5, 5.41) is 8.03. The molecule has 0 saturated carbocycles. The van der Waals surface area contributed by atoms with Gasteiger partial charge in [0.15, 0.2) is 0 Å². The molecule has 230 valence electrons. The SMILES string of the molecule is C=CCCCC(CCCCCCC)OC(=O)N[C@@H](CC(C)C)C(=O)N[C@@H](CC(CC=C)C(=O)NC)C(=O)OCC. The summed E-state index contributed by atoms with van der Waals surface area (Å²) in [6.45, 7) is 15.3. The quantitative estimate of drug-likeness (QED) is 0.0843. The van der Waals surface area contributed by atoms with Gasteiger partial charge in [-0.15, -0.1) is 13.2 Å². The fraction of sp³-hybridized carbons (Fsp3) is 0.742. The largest absolute Gasteiger partial charge is 0.464 e. The number of nitrogens with one attached hydrogen (secondary N) is 3. The van der Waals surface area contributed by atoms with Crippen molar-refractivity contribution in [3.8, 4) is 0 Å². The minimum absolute atomic E-state index is 0.0402. The van der Waals surface area contributed by atoms with Crippen LogP contribution in [0.4, 0.5) is 4.79 Å². The van der Waals surface area contributed by atoms with Gasteiger partial charge in [-0.1, -0.05) is 58.6 Å². The summed E-state index contributed by atoms with van der Waals surface area (Å²) in [4.78, 5) is 51.4. The normalized spacial score (nSPS) is 13.8. The van der Waals surface area contributed by atoms with Gasteiger partial charge in [-0.05, 0) is 64.2 Å². The predicted molar refractivity (Wildman–Crippen MR) is 160 cm³/mol. The van der Waals surface area contributed by atoms with E-state index in [0.717, 1.165) is 44.9 Å². The minimum Gasteiger partial charge on any atom is -0.464 e. The lowest BCUT2D eigenvalue weighted by molar-refractivity contribution is -0.148. The number of amides is 3. The molecule has 40 heavy (non-hydrogen) atoms. The lowest BCUT2D eigenvalue weighted by Crippen LogP contribution is -2.53. The van der Waals surface area contributed by atoms with Crippen LogP contribution in [-0.2, 0) is 23.9 Å². The van der Waals surface area contributed by atoms with Crippen LogP contribution in [0.1, 0.15) is 105 Å². The highest BCUT2D eigenvalue weighted by molar-refractivity contribution is 5.90. The molecule has 2 unspecified atom stereocenters. The Morgan fingerprint density at radius 1 is 0.825 bits per heavy atom. The fourth-order valence-electron chi connectivity index (χ4n) is 4.49. The van der Waals surface area contributed by atoms with Crippen molar-refractivity contribution in [3.63, 3.8) is 0 Å². The Morgan fingerprint density at radius 2 is 1.50 bits per heavy atom. The first-order valence-electron chi connectivity index (χ1n) is 15.0. The molecule has 0 heterocycles. The van der Waals surface area contributed by atoms with Crippen molar-refractivity contribution >= 4 is 23.9 Å². The van der Waals surface area contributed by atoms with Crippen LogP contribution in [0.3, 0.4) is 0 Å². The average Bonchev–Trinajstić information content (AvgIpc) is 2.91. The van der Waals surface area contributed by atoms with Gasteiger partial charge in [0.2, 0.25) is 11.8 Å². The minimum atomic E-state index is -1.06. The maximum atomic E-state index is 13.4. The summed E-state index contributed by atoms with van der Waals surface area (Å²) in [7, 11) is 1.51. The molecule has 3 amide bonds. The van der Waals surface area contributed by atoms with E-state index in [-0.39, 0.29) is 31.0 Å². The van der Waals surface area contributed by atoms with E-state index >= 15 is 0 Å². The maximum Gasteiger partial charge on any atom is 0.408 e. The van der Waals surface area contributed by atoms with E-state index < -0.39 is 36.0 Å². The Hall–Kier alpha value is -2.84. The van der Waals surface area contributed by atoms with Gasteiger partial charge < -0.3 is 25.4 Å². The molecule has 0 radical (unpaired) electrons. The summed E-state index contributed by atoms with van der Waals surface area (Å²) in [6, 6.07) is -1.97. The number of carbonyl (C=O) groups is 4. The number of unbranched alkanes of at least 4 members (excludes halogenated alkanes) is 5. The Balaban J connectivity index is 5.53. The third-order valence-corrected chi connectivity index (χ3v) is 6.63. The van der Waals surface area contributed by atoms with Crippen LogP contribution < -0.4 is 16.0 Å². The van der Waals surface area contributed by atoms with Gasteiger partial charge in [-0.25, -0.2) is 9.59 Å². The molecule has 0 aromatic heterocycles. The number of allylic oxidation sites excluding steroid dienone is 2. The second-order valence-electron chi connectivity index (χ2n) is 10.7. The highest BCUT2D eigenvalue weighted by Gasteiger charge is 2.32. The predicted octanol–water partition coefficient (Wildman–Crippen LogP) is 5.59. The van der Waals surface area contributed by atoms with Crippen LogP contribution >= 0.6 is 0 Å². The molecular formula is C31H55N3O6. The van der Waals surface area contributed by atoms with E-state index in [2.05, 4.69) is 36.0 Å². The highest BCUT2D eigenvalue weighted by atomic mass is 16.6. The maximum absolute atomic E-state index is 13.4. The van der Waals surface area contributed by atoms with Gasteiger partial charge in [0.1, 0.15) is 18.2 Å². The van der Waals surface area contributed by atoms with Crippen LogP contribution in [0, 0.1) is 11.8 Å². The van der Waals surface area contributed by atoms with Crippen LogP contribution in [0.15, 0.2) is 25.3 Å². The van der Waals surface area contributed by atoms with Crippen LogP contribution in [-0.4, -0.2) is 55.7 Å². The van der Waals surface area contributed by atoms with Crippen LogP contribution in [0.25, 0.3) is 0 Å². The van der Waals surface area contributed by atoms with Crippen LogP contribution in [0.5, 0.6) is 0 Å². The molecule has 3 N–H and O–H groups in total. The number of rotatable bonds is 23. The molecule has 0 rings (SSSR count). The van der Waals surface area contributed by atoms with E-state index in [0.29, 0.717) is 12.8 Å². The Labute approximate surface area is 242 Å². The third-order valence-electron chi connectivity index (χ3n) is 6.63. The van der Waals surface area contributed by atoms with Gasteiger partial charge in [-0.2, -0.15) is 0 Å². The summed E-state index contributed by atoms with van der Waals surface area (Å²) >= 11 is 0. The summed E-state index contributed by atoms with van der Waals surface area (Å²) in [5.74, 6) is -1.92. The zero-order chi connectivity index (χ0) is 30.3. The second-order valence-corrected chi connectivity index (χ2v) is 10.7. The molecule has 0 aromatic carbocycles. The first kappa shape index (κ1) is 37.2. The molecule has 9 heteroatoms. The number of carbonyl (C=O) groups excluding carboxylic acids is 4. The molecule has 4 atom stereocenters. The zero-order valence-electron chi connectivity index (χ0n) is 25.6. The number of hydrogen-bond donors (Lipinski definition) is 3. The summed E-state index contributed by atoms with van der Waals surface area (Å²) < 4.78 is 10.9. The van der Waals surface area contributed by atoms with Crippen molar-refractivity contribution < 1.29 is 28.7 Å². The van der Waals surface area contributed by atoms with Gasteiger partial charge in [0, 0.05) is 13.0 Å². The molecule has 0 saturated heterocycles. The first-order valence-corrected chi connectivity index (χ1v) is 15.0. The number of esters is 1. The van der Waals surface area contributed by atoms with Crippen molar-refractivity contribution in [1.82, 2.24) is 16.0 Å². The van der Waals surface area contributed by atoms with E-state index in [4.69, 9.17) is 9.47 Å². The molecule has 0 aliphatic heterocycles. The second kappa shape index (κ2) is 22.9. The standard InChI is InChI=1S/C31H55N3O6/c1-8-12-14-15-17-20-25(19-16-13-9-2)40-31(38)34-26(21-23(5)6)29(36)33-27(30(37)39-11-4)22-24(18-10-3)28(35)32-7/h9-10,23-27H,2-3,8,11-22H2,1,4-7H3,(H,32,35)(H,33,36)(H,34,38)/t24?,25?,26-,27-/m0/s1. The Bertz CT molecular complexity index is 770. The molecule has 0 aliphatic carbocycles. The molecule has 0 bridgehead atoms. The lowest BCUT2D eigenvalue weighted by Gasteiger charge is -2.26. The number of hydrogen-bond acceptors (Lipinski definition) is 6. The van der Waals surface area contributed by atoms with E-state index in [1.807, 2.05) is 19.9 Å². The molecule has 0 aromatic rings. The average molecular weight is 566 g/mol. The number of alkyl carbamates (subject to hydrolysis) is 1. The van der Waals surface area contributed by atoms with Crippen molar-refractivity contribution in [1.29, 1.82) is 0 Å². The van der Waals surface area contributed by atoms with Gasteiger partial charge in [-0.3, -0.25) is 9.59 Å². The van der Waals surface area contributed by atoms with Gasteiger partial charge in [0.05, 0.1) is 6.61 Å². The van der Waals surface area contributed by atoms with E-state index in [1.165, 1.54) is 19.9 Å². The lowest BCUT2D eigenvalue weighted by atomic mass is 9.94. The zero-order valence-corrected chi connectivity index (χ0v) is 25.6. The van der Waals surface area contributed by atoms with E-state index in [1.54, 1.807) is 13.0 Å². The van der Waals surface area contributed by atoms with E-state index in [9.17, 15) is 19.2 Å². The topological polar surface area (TPSA) is 123 Å².